The van der Waals surface area contributed by atoms with Gasteiger partial charge in [-0.1, -0.05) is 30.3 Å². The van der Waals surface area contributed by atoms with E-state index in [0.717, 1.165) is 41.5 Å². The predicted octanol–water partition coefficient (Wildman–Crippen LogP) is 3.59. The molecule has 4 aromatic rings. The second-order valence-electron chi connectivity index (χ2n) is 8.03. The van der Waals surface area contributed by atoms with Gasteiger partial charge in [0.15, 0.2) is 0 Å². The molecule has 0 bridgehead atoms. The summed E-state index contributed by atoms with van der Waals surface area (Å²) in [7, 11) is 0. The first kappa shape index (κ1) is 19.5. The van der Waals surface area contributed by atoms with E-state index in [1.807, 2.05) is 54.3 Å². The summed E-state index contributed by atoms with van der Waals surface area (Å²) < 4.78 is 1.44. The molecule has 0 saturated carbocycles. The lowest BCUT2D eigenvalue weighted by Crippen LogP contribution is -2.40. The normalized spacial score (nSPS) is 16.8. The molecule has 0 spiro atoms. The zero-order valence-electron chi connectivity index (χ0n) is 17.5. The first-order valence-corrected chi connectivity index (χ1v) is 10.9. The number of para-hydroxylation sites is 2. The van der Waals surface area contributed by atoms with E-state index in [-0.39, 0.29) is 23.9 Å². The third-order valence-electron chi connectivity index (χ3n) is 6.11. The zero-order chi connectivity index (χ0) is 21.4. The third kappa shape index (κ3) is 3.50. The highest BCUT2D eigenvalue weighted by atomic mass is 16.2. The van der Waals surface area contributed by atoms with Gasteiger partial charge in [0.1, 0.15) is 5.82 Å². The summed E-state index contributed by atoms with van der Waals surface area (Å²) in [4.78, 5) is 36.2. The van der Waals surface area contributed by atoms with Crippen molar-refractivity contribution in [2.45, 2.75) is 45.2 Å². The Bertz CT molecular complexity index is 1290. The summed E-state index contributed by atoms with van der Waals surface area (Å²) in [5.41, 5.74) is 2.43. The molecule has 0 aliphatic carbocycles. The van der Waals surface area contributed by atoms with Crippen molar-refractivity contribution in [3.05, 3.63) is 70.4 Å². The van der Waals surface area contributed by atoms with Gasteiger partial charge in [-0.25, -0.2) is 9.67 Å². The summed E-state index contributed by atoms with van der Waals surface area (Å²) >= 11 is 0. The van der Waals surface area contributed by atoms with Crippen molar-refractivity contribution in [1.29, 1.82) is 0 Å². The van der Waals surface area contributed by atoms with Crippen molar-refractivity contribution >= 4 is 27.7 Å². The van der Waals surface area contributed by atoms with Crippen molar-refractivity contribution in [3.8, 4) is 0 Å². The Labute approximate surface area is 179 Å². The highest BCUT2D eigenvalue weighted by Crippen LogP contribution is 2.31. The number of aryl methyl sites for hydroxylation is 1. The van der Waals surface area contributed by atoms with Crippen molar-refractivity contribution < 1.29 is 4.79 Å². The van der Waals surface area contributed by atoms with Gasteiger partial charge in [0.2, 0.25) is 5.91 Å². The van der Waals surface area contributed by atoms with Crippen LogP contribution in [0.2, 0.25) is 0 Å². The lowest BCUT2D eigenvalue weighted by atomic mass is 10.00. The van der Waals surface area contributed by atoms with E-state index in [9.17, 15) is 9.59 Å². The van der Waals surface area contributed by atoms with Crippen LogP contribution in [-0.2, 0) is 17.8 Å². The molecule has 158 valence electrons. The number of nitrogens with zero attached hydrogens (tertiary/aromatic N) is 4. The second kappa shape index (κ2) is 7.98. The van der Waals surface area contributed by atoms with E-state index in [2.05, 4.69) is 10.1 Å². The topological polar surface area (TPSA) is 83.9 Å². The Morgan fingerprint density at radius 2 is 1.87 bits per heavy atom. The number of hydrogen-bond acceptors (Lipinski definition) is 4. The molecule has 1 N–H and O–H groups in total. The molecule has 0 radical (unpaired) electrons. The quantitative estimate of drug-likeness (QED) is 0.552. The average molecular weight is 415 g/mol. The van der Waals surface area contributed by atoms with Crippen molar-refractivity contribution in [2.75, 3.05) is 6.54 Å². The van der Waals surface area contributed by atoms with Crippen LogP contribution in [-0.4, -0.2) is 37.1 Å². The number of fused-ring (bicyclic) bond motifs is 2. The number of aromatic nitrogens is 4. The van der Waals surface area contributed by atoms with Crippen LogP contribution in [0.3, 0.4) is 0 Å². The van der Waals surface area contributed by atoms with Gasteiger partial charge in [-0.05, 0) is 44.4 Å². The number of nitrogens with one attached hydrogen (secondary N) is 1. The van der Waals surface area contributed by atoms with Crippen LogP contribution in [0.15, 0.2) is 53.3 Å². The van der Waals surface area contributed by atoms with Gasteiger partial charge in [-0.2, -0.15) is 5.10 Å². The summed E-state index contributed by atoms with van der Waals surface area (Å²) in [6, 6.07) is 15.3. The summed E-state index contributed by atoms with van der Waals surface area (Å²) in [6.07, 6.45) is 3.09. The molecule has 1 atom stereocenters. The Hall–Kier alpha value is -3.48. The molecule has 7 nitrogen and oxygen atoms in total. The molecule has 1 amide bonds. The second-order valence-corrected chi connectivity index (χ2v) is 8.03. The molecule has 2 aromatic heterocycles. The summed E-state index contributed by atoms with van der Waals surface area (Å²) in [5.74, 6) is 0.856. The van der Waals surface area contributed by atoms with E-state index < -0.39 is 0 Å². The molecule has 1 aliphatic rings. The van der Waals surface area contributed by atoms with Crippen LogP contribution >= 0.6 is 0 Å². The molecule has 5 rings (SSSR count). The first-order chi connectivity index (χ1) is 15.2. The maximum atomic E-state index is 13.5. The molecule has 3 heterocycles. The van der Waals surface area contributed by atoms with Crippen molar-refractivity contribution in [2.24, 2.45) is 0 Å². The number of piperidine rings is 1. The molecule has 31 heavy (non-hydrogen) atoms. The van der Waals surface area contributed by atoms with Gasteiger partial charge in [0.25, 0.3) is 5.56 Å². The van der Waals surface area contributed by atoms with E-state index in [4.69, 9.17) is 4.98 Å². The lowest BCUT2D eigenvalue weighted by molar-refractivity contribution is -0.134. The maximum Gasteiger partial charge on any atom is 0.274 e. The number of carbonyl (C=O) groups excluding carboxylic acids is 1. The molecule has 1 fully saturated rings. The number of amides is 1. The Kier molecular flexibility index (Phi) is 5.02. The SMILES string of the molecule is CCn1nc(CC(=O)N2CCCC[C@H]2c2nc3ccccc3[nH]2)c2ccccc2c1=O. The average Bonchev–Trinajstić information content (AvgIpc) is 3.25. The van der Waals surface area contributed by atoms with Gasteiger partial charge in [-0.15, -0.1) is 0 Å². The van der Waals surface area contributed by atoms with Gasteiger partial charge in [0, 0.05) is 18.5 Å². The van der Waals surface area contributed by atoms with Gasteiger partial charge in [0.05, 0.1) is 34.6 Å². The summed E-state index contributed by atoms with van der Waals surface area (Å²) in [6.45, 7) is 3.05. The fourth-order valence-corrected chi connectivity index (χ4v) is 4.54. The fourth-order valence-electron chi connectivity index (χ4n) is 4.54. The van der Waals surface area contributed by atoms with Crippen molar-refractivity contribution in [3.63, 3.8) is 0 Å². The largest absolute Gasteiger partial charge is 0.340 e. The van der Waals surface area contributed by atoms with E-state index in [1.54, 1.807) is 6.07 Å². The Morgan fingerprint density at radius 3 is 2.68 bits per heavy atom. The molecule has 7 heteroatoms. The minimum absolute atomic E-state index is 0.0177. The smallest absolute Gasteiger partial charge is 0.274 e. The number of rotatable bonds is 4. The summed E-state index contributed by atoms with van der Waals surface area (Å²) in [5, 5.41) is 5.88. The number of H-pyrrole nitrogens is 1. The standard InChI is InChI=1S/C24H25N5O2/c1-2-29-24(31)17-10-4-3-9-16(17)20(27-29)15-22(30)28-14-8-7-13-21(28)23-25-18-11-5-6-12-19(18)26-23/h3-6,9-12,21H,2,7-8,13-15H2,1H3,(H,25,26)/t21-/m0/s1. The third-order valence-corrected chi connectivity index (χ3v) is 6.11. The van der Waals surface area contributed by atoms with Crippen LogP contribution in [0.25, 0.3) is 21.8 Å². The number of imidazole rings is 1. The number of carbonyl (C=O) groups is 1. The van der Waals surface area contributed by atoms with Crippen molar-refractivity contribution in [1.82, 2.24) is 24.6 Å². The Morgan fingerprint density at radius 1 is 1.10 bits per heavy atom. The van der Waals surface area contributed by atoms with Gasteiger partial charge < -0.3 is 9.88 Å². The molecular formula is C24H25N5O2. The van der Waals surface area contributed by atoms with Crippen LogP contribution in [0.5, 0.6) is 0 Å². The van der Waals surface area contributed by atoms with E-state index in [0.29, 0.717) is 24.2 Å². The highest BCUT2D eigenvalue weighted by Gasteiger charge is 2.30. The fraction of sp³-hybridized carbons (Fsp3) is 0.333. The van der Waals surface area contributed by atoms with Gasteiger partial charge >= 0.3 is 0 Å². The lowest BCUT2D eigenvalue weighted by Gasteiger charge is -2.34. The monoisotopic (exact) mass is 415 g/mol. The molecule has 0 unspecified atom stereocenters. The molecule has 1 aliphatic heterocycles. The van der Waals surface area contributed by atoms with Crippen LogP contribution in [0.1, 0.15) is 43.7 Å². The van der Waals surface area contributed by atoms with E-state index >= 15 is 0 Å². The minimum Gasteiger partial charge on any atom is -0.340 e. The van der Waals surface area contributed by atoms with E-state index in [1.165, 1.54) is 4.68 Å². The zero-order valence-corrected chi connectivity index (χ0v) is 17.5. The molecular weight excluding hydrogens is 390 g/mol. The predicted molar refractivity (Wildman–Crippen MR) is 120 cm³/mol. The van der Waals surface area contributed by atoms with Crippen LogP contribution in [0, 0.1) is 0 Å². The number of likely N-dealkylation sites (tertiary alicyclic amines) is 1. The molecule has 2 aromatic carbocycles. The molecule has 1 saturated heterocycles. The maximum absolute atomic E-state index is 13.5. The highest BCUT2D eigenvalue weighted by molar-refractivity contribution is 5.88. The first-order valence-electron chi connectivity index (χ1n) is 10.9. The number of benzene rings is 2. The minimum atomic E-state index is -0.118. The number of aromatic amines is 1. The number of hydrogen-bond donors (Lipinski definition) is 1. The van der Waals surface area contributed by atoms with Crippen LogP contribution < -0.4 is 5.56 Å². The Balaban J connectivity index is 1.49. The van der Waals surface area contributed by atoms with Crippen LogP contribution in [0.4, 0.5) is 0 Å². The van der Waals surface area contributed by atoms with Gasteiger partial charge in [-0.3, -0.25) is 9.59 Å².